The minimum absolute atomic E-state index is 0.132. The number of likely N-dealkylation sites (tertiary alicyclic amines) is 1. The van der Waals surface area contributed by atoms with Gasteiger partial charge in [0.1, 0.15) is 24.5 Å². The van der Waals surface area contributed by atoms with Crippen molar-refractivity contribution >= 4 is 0 Å². The molecule has 7 nitrogen and oxygen atoms in total. The zero-order valence-electron chi connectivity index (χ0n) is 7.56. The summed E-state index contributed by atoms with van der Waals surface area (Å²) in [5.41, 5.74) is 5.28. The molecule has 5 atom stereocenters. The van der Waals surface area contributed by atoms with E-state index in [0.29, 0.717) is 0 Å². The summed E-state index contributed by atoms with van der Waals surface area (Å²) in [6, 6.07) is -0.867. The number of rotatable bonds is 2. The van der Waals surface area contributed by atoms with Gasteiger partial charge in [0.05, 0.1) is 12.6 Å². The highest BCUT2D eigenvalue weighted by atomic mass is 16.4. The third-order valence-corrected chi connectivity index (χ3v) is 2.56. The average molecular weight is 208 g/mol. The fraction of sp³-hybridized carbons (Fsp3) is 1.00. The van der Waals surface area contributed by atoms with Crippen LogP contribution in [0, 0.1) is 0 Å². The molecule has 7 heteroatoms. The van der Waals surface area contributed by atoms with Gasteiger partial charge in [-0.25, -0.2) is 0 Å². The van der Waals surface area contributed by atoms with Gasteiger partial charge in [0.2, 0.25) is 0 Å². The Bertz CT molecular complexity index is 173. The van der Waals surface area contributed by atoms with Crippen LogP contribution in [-0.4, -0.2) is 74.3 Å². The first kappa shape index (κ1) is 11.8. The molecule has 1 fully saturated rings. The molecule has 0 amide bonds. The van der Waals surface area contributed by atoms with Crippen LogP contribution in [0.4, 0.5) is 0 Å². The summed E-state index contributed by atoms with van der Waals surface area (Å²) in [6.45, 7) is -0.591. The Morgan fingerprint density at radius 1 is 1.00 bits per heavy atom. The van der Waals surface area contributed by atoms with Crippen molar-refractivity contribution in [2.24, 2.45) is 5.73 Å². The van der Waals surface area contributed by atoms with Gasteiger partial charge in [-0.05, 0) is 0 Å². The lowest BCUT2D eigenvalue weighted by Gasteiger charge is -2.45. The van der Waals surface area contributed by atoms with Crippen LogP contribution < -0.4 is 5.73 Å². The SMILES string of the molecule is NCN1C(O)[C@H](O)[C@@H](O)[C@H](O)[C@H]1CO. The third-order valence-electron chi connectivity index (χ3n) is 2.56. The van der Waals surface area contributed by atoms with Crippen LogP contribution in [0.1, 0.15) is 0 Å². The fourth-order valence-corrected chi connectivity index (χ4v) is 1.65. The highest BCUT2D eigenvalue weighted by Gasteiger charge is 2.46. The molecule has 0 aromatic rings. The van der Waals surface area contributed by atoms with Gasteiger partial charge in [-0.1, -0.05) is 0 Å². The molecular weight excluding hydrogens is 192 g/mol. The number of hydrogen-bond acceptors (Lipinski definition) is 7. The van der Waals surface area contributed by atoms with E-state index in [4.69, 9.17) is 10.8 Å². The van der Waals surface area contributed by atoms with Crippen molar-refractivity contribution < 1.29 is 25.5 Å². The molecule has 0 saturated carbocycles. The van der Waals surface area contributed by atoms with Crippen molar-refractivity contribution in [3.8, 4) is 0 Å². The average Bonchev–Trinajstić information content (AvgIpc) is 2.20. The number of aliphatic hydroxyl groups excluding tert-OH is 5. The molecule has 1 rings (SSSR count). The Hall–Kier alpha value is -0.280. The van der Waals surface area contributed by atoms with Crippen LogP contribution in [0.5, 0.6) is 0 Å². The van der Waals surface area contributed by atoms with Gasteiger partial charge in [-0.2, -0.15) is 0 Å². The van der Waals surface area contributed by atoms with Gasteiger partial charge >= 0.3 is 0 Å². The van der Waals surface area contributed by atoms with Crippen molar-refractivity contribution in [2.75, 3.05) is 13.3 Å². The zero-order valence-corrected chi connectivity index (χ0v) is 7.56. The molecule has 1 aliphatic rings. The molecule has 1 unspecified atom stereocenters. The summed E-state index contributed by atoms with van der Waals surface area (Å²) < 4.78 is 0. The van der Waals surface area contributed by atoms with E-state index in [-0.39, 0.29) is 6.67 Å². The standard InChI is InChI=1S/C7H16N2O5/c8-2-9-3(1-10)4(11)5(12)6(13)7(9)14/h3-7,10-14H,1-2,8H2/t3-,4-,5+,6-,7?/m1/s1. The summed E-state index contributed by atoms with van der Waals surface area (Å²) in [5.74, 6) is 0. The maximum Gasteiger partial charge on any atom is 0.137 e. The molecule has 1 aliphatic heterocycles. The van der Waals surface area contributed by atoms with E-state index in [1.54, 1.807) is 0 Å². The largest absolute Gasteiger partial charge is 0.395 e. The van der Waals surface area contributed by atoms with Crippen LogP contribution in [0.25, 0.3) is 0 Å². The lowest BCUT2D eigenvalue weighted by molar-refractivity contribution is -0.222. The lowest BCUT2D eigenvalue weighted by atomic mass is 9.93. The Kier molecular flexibility index (Phi) is 3.78. The second-order valence-corrected chi connectivity index (χ2v) is 3.33. The first-order chi connectivity index (χ1) is 6.54. The molecule has 0 spiro atoms. The molecule has 0 bridgehead atoms. The lowest BCUT2D eigenvalue weighted by Crippen LogP contribution is -2.68. The predicted molar refractivity (Wildman–Crippen MR) is 45.8 cm³/mol. The van der Waals surface area contributed by atoms with Crippen molar-refractivity contribution in [2.45, 2.75) is 30.6 Å². The Balaban J connectivity index is 2.84. The van der Waals surface area contributed by atoms with E-state index in [0.717, 1.165) is 4.90 Å². The van der Waals surface area contributed by atoms with Crippen LogP contribution in [0.2, 0.25) is 0 Å². The Morgan fingerprint density at radius 2 is 1.57 bits per heavy atom. The summed E-state index contributed by atoms with van der Waals surface area (Å²) in [7, 11) is 0. The second kappa shape index (κ2) is 4.49. The monoisotopic (exact) mass is 208 g/mol. The van der Waals surface area contributed by atoms with E-state index in [2.05, 4.69) is 0 Å². The number of hydrogen-bond donors (Lipinski definition) is 6. The molecule has 14 heavy (non-hydrogen) atoms. The van der Waals surface area contributed by atoms with Crippen LogP contribution >= 0.6 is 0 Å². The van der Waals surface area contributed by atoms with E-state index >= 15 is 0 Å². The van der Waals surface area contributed by atoms with Crippen molar-refractivity contribution in [1.82, 2.24) is 4.90 Å². The van der Waals surface area contributed by atoms with Crippen LogP contribution in [-0.2, 0) is 0 Å². The van der Waals surface area contributed by atoms with E-state index < -0.39 is 37.2 Å². The quantitative estimate of drug-likeness (QED) is 0.272. The predicted octanol–water partition coefficient (Wildman–Crippen LogP) is -4.02. The van der Waals surface area contributed by atoms with Crippen LogP contribution in [0.3, 0.4) is 0 Å². The van der Waals surface area contributed by atoms with Gasteiger partial charge in [0, 0.05) is 6.67 Å². The molecule has 1 heterocycles. The minimum atomic E-state index is -1.49. The second-order valence-electron chi connectivity index (χ2n) is 3.33. The first-order valence-corrected chi connectivity index (χ1v) is 4.33. The number of nitrogens with zero attached hydrogens (tertiary/aromatic N) is 1. The molecular formula is C7H16N2O5. The Labute approximate surface area is 81.0 Å². The van der Waals surface area contributed by atoms with Crippen LogP contribution in [0.15, 0.2) is 0 Å². The topological polar surface area (TPSA) is 130 Å². The van der Waals surface area contributed by atoms with Crippen molar-refractivity contribution in [1.29, 1.82) is 0 Å². The third kappa shape index (κ3) is 1.75. The molecule has 0 aromatic heterocycles. The van der Waals surface area contributed by atoms with Gasteiger partial charge in [0.25, 0.3) is 0 Å². The Morgan fingerprint density at radius 3 is 2.00 bits per heavy atom. The highest BCUT2D eigenvalue weighted by Crippen LogP contribution is 2.21. The van der Waals surface area contributed by atoms with E-state index in [1.165, 1.54) is 0 Å². The zero-order chi connectivity index (χ0) is 10.9. The maximum atomic E-state index is 9.45. The number of aliphatic hydroxyl groups is 5. The summed E-state index contributed by atoms with van der Waals surface area (Å²) >= 11 is 0. The van der Waals surface area contributed by atoms with Gasteiger partial charge in [0.15, 0.2) is 0 Å². The maximum absolute atomic E-state index is 9.45. The summed E-state index contributed by atoms with van der Waals surface area (Å²) in [4.78, 5) is 1.13. The molecule has 0 aliphatic carbocycles. The molecule has 1 saturated heterocycles. The van der Waals surface area contributed by atoms with Crippen molar-refractivity contribution in [3.63, 3.8) is 0 Å². The smallest absolute Gasteiger partial charge is 0.137 e. The van der Waals surface area contributed by atoms with E-state index in [1.807, 2.05) is 0 Å². The fourth-order valence-electron chi connectivity index (χ4n) is 1.65. The minimum Gasteiger partial charge on any atom is -0.395 e. The number of piperidine rings is 1. The normalized spacial score (nSPS) is 45.4. The molecule has 7 N–H and O–H groups in total. The summed E-state index contributed by atoms with van der Waals surface area (Å²) in [5, 5.41) is 46.4. The molecule has 0 aromatic carbocycles. The number of nitrogens with two attached hydrogens (primary N) is 1. The van der Waals surface area contributed by atoms with Gasteiger partial charge in [-0.15, -0.1) is 0 Å². The van der Waals surface area contributed by atoms with Crippen molar-refractivity contribution in [3.05, 3.63) is 0 Å². The highest BCUT2D eigenvalue weighted by molar-refractivity contribution is 4.95. The van der Waals surface area contributed by atoms with Gasteiger partial charge < -0.3 is 31.3 Å². The summed E-state index contributed by atoms with van der Waals surface area (Å²) in [6.07, 6.45) is -5.68. The first-order valence-electron chi connectivity index (χ1n) is 4.33. The molecule has 0 radical (unpaired) electrons. The molecule has 84 valence electrons. The van der Waals surface area contributed by atoms with Gasteiger partial charge in [-0.3, -0.25) is 4.90 Å². The van der Waals surface area contributed by atoms with E-state index in [9.17, 15) is 20.4 Å².